The lowest BCUT2D eigenvalue weighted by molar-refractivity contribution is -0.141. The maximum atomic E-state index is 13.1. The normalized spacial score (nSPS) is 22.2. The Labute approximate surface area is 136 Å². The van der Waals surface area contributed by atoms with Gasteiger partial charge in [0.2, 0.25) is 0 Å². The Hall–Kier alpha value is -1.93. The van der Waals surface area contributed by atoms with Crippen LogP contribution in [0.3, 0.4) is 0 Å². The SMILES string of the molecule is OC1CC(c2ccc(F)cc2)N(Cc2nccn2CC(F)(F)F)C1. The molecule has 0 radical (unpaired) electrons. The van der Waals surface area contributed by atoms with E-state index < -0.39 is 18.8 Å². The number of alkyl halides is 3. The quantitative estimate of drug-likeness (QED) is 0.868. The van der Waals surface area contributed by atoms with Crippen molar-refractivity contribution in [3.05, 3.63) is 53.9 Å². The molecule has 24 heavy (non-hydrogen) atoms. The van der Waals surface area contributed by atoms with Crippen LogP contribution in [0.5, 0.6) is 0 Å². The molecule has 0 amide bonds. The van der Waals surface area contributed by atoms with E-state index >= 15 is 0 Å². The van der Waals surface area contributed by atoms with E-state index in [1.165, 1.54) is 24.5 Å². The van der Waals surface area contributed by atoms with E-state index in [0.717, 1.165) is 10.1 Å². The summed E-state index contributed by atoms with van der Waals surface area (Å²) in [6, 6.07) is 5.75. The Balaban J connectivity index is 1.78. The van der Waals surface area contributed by atoms with Crippen LogP contribution in [-0.4, -0.2) is 38.4 Å². The Morgan fingerprint density at radius 3 is 2.58 bits per heavy atom. The highest BCUT2D eigenvalue weighted by Crippen LogP contribution is 2.33. The summed E-state index contributed by atoms with van der Waals surface area (Å²) in [4.78, 5) is 5.88. The number of aliphatic hydroxyl groups is 1. The van der Waals surface area contributed by atoms with Gasteiger partial charge in [0.05, 0.1) is 12.6 Å². The number of aromatic nitrogens is 2. The molecule has 4 nitrogen and oxygen atoms in total. The van der Waals surface area contributed by atoms with Gasteiger partial charge in [0.1, 0.15) is 18.2 Å². The van der Waals surface area contributed by atoms with Crippen molar-refractivity contribution in [1.29, 1.82) is 0 Å². The van der Waals surface area contributed by atoms with Crippen LogP contribution in [0.4, 0.5) is 17.6 Å². The first-order valence-electron chi connectivity index (χ1n) is 7.56. The molecule has 1 saturated heterocycles. The van der Waals surface area contributed by atoms with Gasteiger partial charge >= 0.3 is 6.18 Å². The topological polar surface area (TPSA) is 41.3 Å². The third-order valence-electron chi connectivity index (χ3n) is 4.13. The molecule has 2 heterocycles. The first-order valence-corrected chi connectivity index (χ1v) is 7.56. The first kappa shape index (κ1) is 16.9. The summed E-state index contributed by atoms with van der Waals surface area (Å²) in [5.74, 6) is -0.0712. The van der Waals surface area contributed by atoms with Gasteiger partial charge in [-0.2, -0.15) is 13.2 Å². The third-order valence-corrected chi connectivity index (χ3v) is 4.13. The fourth-order valence-corrected chi connectivity index (χ4v) is 3.10. The zero-order valence-electron chi connectivity index (χ0n) is 12.7. The van der Waals surface area contributed by atoms with Gasteiger partial charge in [0, 0.05) is 25.0 Å². The lowest BCUT2D eigenvalue weighted by atomic mass is 10.0. The molecular weight excluding hydrogens is 326 g/mol. The average Bonchev–Trinajstić information content (AvgIpc) is 3.06. The molecule has 1 N–H and O–H groups in total. The van der Waals surface area contributed by atoms with Crippen LogP contribution >= 0.6 is 0 Å². The van der Waals surface area contributed by atoms with Gasteiger partial charge in [-0.25, -0.2) is 9.37 Å². The van der Waals surface area contributed by atoms with Crippen LogP contribution < -0.4 is 0 Å². The highest BCUT2D eigenvalue weighted by Gasteiger charge is 2.34. The summed E-state index contributed by atoms with van der Waals surface area (Å²) in [5, 5.41) is 9.95. The van der Waals surface area contributed by atoms with Gasteiger partial charge < -0.3 is 9.67 Å². The molecular formula is C16H17F4N3O. The van der Waals surface area contributed by atoms with E-state index in [-0.39, 0.29) is 24.2 Å². The number of hydrogen-bond acceptors (Lipinski definition) is 3. The Morgan fingerprint density at radius 2 is 1.92 bits per heavy atom. The maximum absolute atomic E-state index is 13.1. The molecule has 0 saturated carbocycles. The monoisotopic (exact) mass is 343 g/mol. The summed E-state index contributed by atoms with van der Waals surface area (Å²) < 4.78 is 52.0. The second kappa shape index (κ2) is 6.52. The lowest BCUT2D eigenvalue weighted by Crippen LogP contribution is -2.27. The molecule has 1 aliphatic heterocycles. The summed E-state index contributed by atoms with van der Waals surface area (Å²) in [6.07, 6.45) is -1.82. The average molecular weight is 343 g/mol. The molecule has 2 atom stereocenters. The zero-order valence-corrected chi connectivity index (χ0v) is 12.7. The van der Waals surface area contributed by atoms with Crippen LogP contribution in [0, 0.1) is 5.82 Å². The fraction of sp³-hybridized carbons (Fsp3) is 0.438. The molecule has 3 rings (SSSR count). The molecule has 0 aliphatic carbocycles. The van der Waals surface area contributed by atoms with Crippen molar-refractivity contribution in [2.75, 3.05) is 6.54 Å². The summed E-state index contributed by atoms with van der Waals surface area (Å²) >= 11 is 0. The lowest BCUT2D eigenvalue weighted by Gasteiger charge is -2.24. The molecule has 0 bridgehead atoms. The molecule has 1 aromatic carbocycles. The van der Waals surface area contributed by atoms with Crippen LogP contribution in [0.2, 0.25) is 0 Å². The van der Waals surface area contributed by atoms with Crippen molar-refractivity contribution in [2.45, 2.75) is 37.8 Å². The number of imidazole rings is 1. The molecule has 1 aromatic heterocycles. The largest absolute Gasteiger partial charge is 0.406 e. The van der Waals surface area contributed by atoms with Gasteiger partial charge in [-0.15, -0.1) is 0 Å². The van der Waals surface area contributed by atoms with Crippen molar-refractivity contribution in [1.82, 2.24) is 14.5 Å². The summed E-state index contributed by atoms with van der Waals surface area (Å²) in [6.45, 7) is -0.580. The number of halogens is 4. The Morgan fingerprint density at radius 1 is 1.21 bits per heavy atom. The number of rotatable bonds is 4. The van der Waals surface area contributed by atoms with Crippen LogP contribution in [0.25, 0.3) is 0 Å². The number of benzene rings is 1. The molecule has 130 valence electrons. The van der Waals surface area contributed by atoms with Gasteiger partial charge in [0.15, 0.2) is 0 Å². The molecule has 2 aromatic rings. The minimum Gasteiger partial charge on any atom is -0.392 e. The number of hydrogen-bond donors (Lipinski definition) is 1. The fourth-order valence-electron chi connectivity index (χ4n) is 3.10. The summed E-state index contributed by atoms with van der Waals surface area (Å²) in [5.41, 5.74) is 0.821. The van der Waals surface area contributed by atoms with E-state index in [9.17, 15) is 22.7 Å². The number of β-amino-alcohol motifs (C(OH)–C–C–N with tert-alkyl or cyclic N) is 1. The second-order valence-electron chi connectivity index (χ2n) is 5.97. The molecule has 8 heteroatoms. The smallest absolute Gasteiger partial charge is 0.392 e. The zero-order chi connectivity index (χ0) is 17.3. The van der Waals surface area contributed by atoms with E-state index in [2.05, 4.69) is 4.98 Å². The molecule has 1 fully saturated rings. The summed E-state index contributed by atoms with van der Waals surface area (Å²) in [7, 11) is 0. The molecule has 2 unspecified atom stereocenters. The van der Waals surface area contributed by atoms with E-state index in [1.807, 2.05) is 4.90 Å². The number of likely N-dealkylation sites (tertiary alicyclic amines) is 1. The van der Waals surface area contributed by atoms with E-state index in [4.69, 9.17) is 0 Å². The van der Waals surface area contributed by atoms with E-state index in [0.29, 0.717) is 13.0 Å². The van der Waals surface area contributed by atoms with Gasteiger partial charge in [-0.05, 0) is 24.1 Å². The first-order chi connectivity index (χ1) is 11.3. The van der Waals surface area contributed by atoms with Gasteiger partial charge in [-0.1, -0.05) is 12.1 Å². The second-order valence-corrected chi connectivity index (χ2v) is 5.97. The van der Waals surface area contributed by atoms with Crippen molar-refractivity contribution in [2.24, 2.45) is 0 Å². The minimum atomic E-state index is -4.32. The third kappa shape index (κ3) is 3.93. The van der Waals surface area contributed by atoms with Gasteiger partial charge in [-0.3, -0.25) is 4.90 Å². The van der Waals surface area contributed by atoms with Crippen LogP contribution in [0.1, 0.15) is 23.9 Å². The highest BCUT2D eigenvalue weighted by molar-refractivity contribution is 5.21. The standard InChI is InChI=1S/C16H17F4N3O/c17-12-3-1-11(2-4-12)14-7-13(24)8-23(14)9-15-21-5-6-22(15)10-16(18,19)20/h1-6,13-14,24H,7-10H2. The Kier molecular flexibility index (Phi) is 4.60. The van der Waals surface area contributed by atoms with Crippen molar-refractivity contribution in [3.8, 4) is 0 Å². The van der Waals surface area contributed by atoms with Crippen LogP contribution in [0.15, 0.2) is 36.7 Å². The predicted molar refractivity (Wildman–Crippen MR) is 78.5 cm³/mol. The van der Waals surface area contributed by atoms with Crippen molar-refractivity contribution >= 4 is 0 Å². The van der Waals surface area contributed by atoms with Gasteiger partial charge in [0.25, 0.3) is 0 Å². The predicted octanol–water partition coefficient (Wildman–Crippen LogP) is 2.89. The molecule has 1 aliphatic rings. The maximum Gasteiger partial charge on any atom is 0.406 e. The van der Waals surface area contributed by atoms with Crippen LogP contribution in [-0.2, 0) is 13.1 Å². The molecule has 0 spiro atoms. The van der Waals surface area contributed by atoms with Crippen molar-refractivity contribution in [3.63, 3.8) is 0 Å². The van der Waals surface area contributed by atoms with E-state index in [1.54, 1.807) is 12.1 Å². The minimum absolute atomic E-state index is 0.183. The highest BCUT2D eigenvalue weighted by atomic mass is 19.4. The Bertz CT molecular complexity index is 683. The van der Waals surface area contributed by atoms with Crippen molar-refractivity contribution < 1.29 is 22.7 Å². The number of nitrogens with zero attached hydrogens (tertiary/aromatic N) is 3. The number of aliphatic hydroxyl groups excluding tert-OH is 1.